The third-order valence-corrected chi connectivity index (χ3v) is 4.59. The van der Waals surface area contributed by atoms with Crippen LogP contribution in [0.15, 0.2) is 42.6 Å². The molecule has 148 valence electrons. The second kappa shape index (κ2) is 7.79. The molecule has 3 aromatic rings. The number of nitrogens with zero attached hydrogens (tertiary/aromatic N) is 2. The molecule has 0 saturated carbocycles. The predicted molar refractivity (Wildman–Crippen MR) is 111 cm³/mol. The Morgan fingerprint density at radius 3 is 2.55 bits per heavy atom. The predicted octanol–water partition coefficient (Wildman–Crippen LogP) is 3.99. The van der Waals surface area contributed by atoms with Gasteiger partial charge in [-0.05, 0) is 61.7 Å². The molecule has 1 aliphatic heterocycles. The van der Waals surface area contributed by atoms with E-state index < -0.39 is 0 Å². The highest BCUT2D eigenvalue weighted by Gasteiger charge is 2.14. The highest BCUT2D eigenvalue weighted by atomic mass is 16.7. The maximum absolute atomic E-state index is 12.6. The van der Waals surface area contributed by atoms with Crippen molar-refractivity contribution in [1.82, 2.24) is 9.97 Å². The van der Waals surface area contributed by atoms with Gasteiger partial charge >= 0.3 is 0 Å². The molecule has 0 saturated heterocycles. The van der Waals surface area contributed by atoms with Gasteiger partial charge in [0, 0.05) is 18.4 Å². The molecule has 1 amide bonds. The maximum atomic E-state index is 12.6. The first-order valence-electron chi connectivity index (χ1n) is 9.33. The molecule has 0 aliphatic carbocycles. The second-order valence-electron chi connectivity index (χ2n) is 7.06. The zero-order valence-electron chi connectivity index (χ0n) is 16.6. The highest BCUT2D eigenvalue weighted by molar-refractivity contribution is 6.04. The van der Waals surface area contributed by atoms with E-state index in [1.165, 1.54) is 0 Å². The zero-order chi connectivity index (χ0) is 20.4. The van der Waals surface area contributed by atoms with Crippen LogP contribution >= 0.6 is 0 Å². The number of fused-ring (bicyclic) bond motifs is 1. The minimum atomic E-state index is -0.227. The number of nitrogens with one attached hydrogen (secondary N) is 2. The van der Waals surface area contributed by atoms with Crippen LogP contribution in [0.4, 0.5) is 11.6 Å². The summed E-state index contributed by atoms with van der Waals surface area (Å²) in [5.41, 5.74) is 5.02. The van der Waals surface area contributed by atoms with Crippen molar-refractivity contribution in [2.75, 3.05) is 17.4 Å². The standard InChI is InChI=1S/C22H22N4O3/c1-13-6-14(2)8-17(7-13)26-21(27)18-11-24-22(25-15(18)3)23-10-16-4-5-19-20(9-16)29-12-28-19/h4-9,11H,10,12H2,1-3H3,(H,26,27)(H,23,24,25). The largest absolute Gasteiger partial charge is 0.454 e. The summed E-state index contributed by atoms with van der Waals surface area (Å²) in [4.78, 5) is 21.3. The van der Waals surface area contributed by atoms with Crippen molar-refractivity contribution >= 4 is 17.5 Å². The van der Waals surface area contributed by atoms with Crippen LogP contribution in [0.3, 0.4) is 0 Å². The van der Waals surface area contributed by atoms with Crippen molar-refractivity contribution in [2.24, 2.45) is 0 Å². The normalized spacial score (nSPS) is 12.0. The summed E-state index contributed by atoms with van der Waals surface area (Å²) in [6.07, 6.45) is 1.54. The summed E-state index contributed by atoms with van der Waals surface area (Å²) in [6.45, 7) is 6.57. The van der Waals surface area contributed by atoms with Crippen LogP contribution in [-0.4, -0.2) is 22.7 Å². The molecule has 0 unspecified atom stereocenters. The van der Waals surface area contributed by atoms with Crippen molar-refractivity contribution in [3.8, 4) is 11.5 Å². The van der Waals surface area contributed by atoms with Crippen molar-refractivity contribution in [1.29, 1.82) is 0 Å². The summed E-state index contributed by atoms with van der Waals surface area (Å²) < 4.78 is 10.7. The van der Waals surface area contributed by atoms with Gasteiger partial charge in [0.1, 0.15) is 0 Å². The Bertz CT molecular complexity index is 1060. The zero-order valence-corrected chi connectivity index (χ0v) is 16.6. The number of benzene rings is 2. The van der Waals surface area contributed by atoms with Crippen LogP contribution in [0.2, 0.25) is 0 Å². The average molecular weight is 390 g/mol. The van der Waals surface area contributed by atoms with Gasteiger partial charge in [-0.2, -0.15) is 0 Å². The number of ether oxygens (including phenoxy) is 2. The molecule has 7 heteroatoms. The lowest BCUT2D eigenvalue weighted by atomic mass is 10.1. The molecule has 1 aromatic heterocycles. The van der Waals surface area contributed by atoms with Crippen LogP contribution in [0.1, 0.15) is 32.7 Å². The number of aromatic nitrogens is 2. The van der Waals surface area contributed by atoms with Crippen molar-refractivity contribution in [2.45, 2.75) is 27.3 Å². The lowest BCUT2D eigenvalue weighted by molar-refractivity contribution is 0.102. The number of carbonyl (C=O) groups is 1. The number of rotatable bonds is 5. The third kappa shape index (κ3) is 4.29. The summed E-state index contributed by atoms with van der Waals surface area (Å²) in [6, 6.07) is 11.7. The summed E-state index contributed by atoms with van der Waals surface area (Å²) in [5, 5.41) is 6.09. The first-order chi connectivity index (χ1) is 14.0. The average Bonchev–Trinajstić information content (AvgIpc) is 3.13. The molecule has 0 fully saturated rings. The summed E-state index contributed by atoms with van der Waals surface area (Å²) in [5.74, 6) is 1.72. The highest BCUT2D eigenvalue weighted by Crippen LogP contribution is 2.32. The maximum Gasteiger partial charge on any atom is 0.259 e. The van der Waals surface area contributed by atoms with Gasteiger partial charge in [0.25, 0.3) is 5.91 Å². The van der Waals surface area contributed by atoms with E-state index >= 15 is 0 Å². The van der Waals surface area contributed by atoms with Gasteiger partial charge in [0.05, 0.1) is 11.3 Å². The van der Waals surface area contributed by atoms with Crippen LogP contribution in [-0.2, 0) is 6.54 Å². The minimum Gasteiger partial charge on any atom is -0.454 e. The van der Waals surface area contributed by atoms with Gasteiger partial charge in [-0.3, -0.25) is 4.79 Å². The summed E-state index contributed by atoms with van der Waals surface area (Å²) in [7, 11) is 0. The van der Waals surface area contributed by atoms with Crippen molar-refractivity contribution in [3.05, 3.63) is 70.5 Å². The molecule has 2 aromatic carbocycles. The molecule has 7 nitrogen and oxygen atoms in total. The van der Waals surface area contributed by atoms with Crippen LogP contribution in [0.25, 0.3) is 0 Å². The molecule has 29 heavy (non-hydrogen) atoms. The van der Waals surface area contributed by atoms with Gasteiger partial charge in [-0.15, -0.1) is 0 Å². The van der Waals surface area contributed by atoms with E-state index in [1.807, 2.05) is 44.2 Å². The first-order valence-corrected chi connectivity index (χ1v) is 9.33. The lowest BCUT2D eigenvalue weighted by Gasteiger charge is -2.11. The fourth-order valence-electron chi connectivity index (χ4n) is 3.25. The Morgan fingerprint density at radius 2 is 1.79 bits per heavy atom. The van der Waals surface area contributed by atoms with E-state index in [0.29, 0.717) is 23.8 Å². The molecule has 0 atom stereocenters. The summed E-state index contributed by atoms with van der Waals surface area (Å²) >= 11 is 0. The quantitative estimate of drug-likeness (QED) is 0.685. The number of carbonyl (C=O) groups excluding carboxylic acids is 1. The number of hydrogen-bond acceptors (Lipinski definition) is 6. The number of amides is 1. The van der Waals surface area contributed by atoms with E-state index in [4.69, 9.17) is 9.47 Å². The smallest absolute Gasteiger partial charge is 0.259 e. The van der Waals surface area contributed by atoms with Crippen molar-refractivity contribution in [3.63, 3.8) is 0 Å². The van der Waals surface area contributed by atoms with Crippen LogP contribution < -0.4 is 20.1 Å². The fourth-order valence-corrected chi connectivity index (χ4v) is 3.25. The number of aryl methyl sites for hydroxylation is 3. The van der Waals surface area contributed by atoms with Gasteiger partial charge < -0.3 is 20.1 Å². The van der Waals surface area contributed by atoms with Gasteiger partial charge in [-0.25, -0.2) is 9.97 Å². The Balaban J connectivity index is 1.42. The number of hydrogen-bond donors (Lipinski definition) is 2. The SMILES string of the molecule is Cc1cc(C)cc(NC(=O)c2cnc(NCc3ccc4c(c3)OCO4)nc2C)c1. The molecule has 2 N–H and O–H groups in total. The third-order valence-electron chi connectivity index (χ3n) is 4.59. The molecule has 2 heterocycles. The van der Waals surface area contributed by atoms with Crippen LogP contribution in [0.5, 0.6) is 11.5 Å². The Labute approximate surface area is 169 Å². The van der Waals surface area contributed by atoms with Gasteiger partial charge in [0.2, 0.25) is 12.7 Å². The van der Waals surface area contributed by atoms with E-state index in [-0.39, 0.29) is 12.7 Å². The molecule has 0 radical (unpaired) electrons. The topological polar surface area (TPSA) is 85.4 Å². The Kier molecular flexibility index (Phi) is 5.03. The van der Waals surface area contributed by atoms with Gasteiger partial charge in [-0.1, -0.05) is 12.1 Å². The lowest BCUT2D eigenvalue weighted by Crippen LogP contribution is -2.16. The second-order valence-corrected chi connectivity index (χ2v) is 7.06. The van der Waals surface area contributed by atoms with E-state index in [2.05, 4.69) is 26.7 Å². The molecule has 4 rings (SSSR count). The van der Waals surface area contributed by atoms with E-state index in [1.54, 1.807) is 13.1 Å². The Morgan fingerprint density at radius 1 is 1.03 bits per heavy atom. The first kappa shape index (κ1) is 18.7. The molecule has 0 bridgehead atoms. The van der Waals surface area contributed by atoms with E-state index in [0.717, 1.165) is 33.9 Å². The minimum absolute atomic E-state index is 0.227. The molecular formula is C22H22N4O3. The van der Waals surface area contributed by atoms with E-state index in [9.17, 15) is 4.79 Å². The molecule has 0 spiro atoms. The fraction of sp³-hybridized carbons (Fsp3) is 0.227. The van der Waals surface area contributed by atoms with Gasteiger partial charge in [0.15, 0.2) is 11.5 Å². The molecular weight excluding hydrogens is 368 g/mol. The molecule has 1 aliphatic rings. The Hall–Kier alpha value is -3.61. The van der Waals surface area contributed by atoms with Crippen molar-refractivity contribution < 1.29 is 14.3 Å². The van der Waals surface area contributed by atoms with Crippen LogP contribution in [0, 0.1) is 20.8 Å². The number of anilines is 2. The monoisotopic (exact) mass is 390 g/mol.